The molecule has 0 saturated carbocycles. The van der Waals surface area contributed by atoms with E-state index in [9.17, 15) is 14.4 Å². The van der Waals surface area contributed by atoms with E-state index in [0.717, 1.165) is 22.3 Å². The van der Waals surface area contributed by atoms with E-state index >= 15 is 0 Å². The van der Waals surface area contributed by atoms with Crippen molar-refractivity contribution in [1.29, 1.82) is 0 Å². The van der Waals surface area contributed by atoms with Crippen LogP contribution in [-0.2, 0) is 22.6 Å². The fourth-order valence-electron chi connectivity index (χ4n) is 3.96. The van der Waals surface area contributed by atoms with Crippen molar-refractivity contribution >= 4 is 51.5 Å². The molecule has 0 bridgehead atoms. The molecule has 0 unspecified atom stereocenters. The van der Waals surface area contributed by atoms with Crippen molar-refractivity contribution in [2.45, 2.75) is 13.0 Å². The maximum absolute atomic E-state index is 13.0. The molecule has 2 heterocycles. The number of amides is 2. The van der Waals surface area contributed by atoms with Gasteiger partial charge in [0.05, 0.1) is 12.0 Å². The number of Topliss-reactive ketones (excluding diaryl/α,β-unsaturated/α-hetero) is 1. The third kappa shape index (κ3) is 3.76. The summed E-state index contributed by atoms with van der Waals surface area (Å²) in [6.45, 7) is 0.540. The molecule has 1 aliphatic heterocycles. The number of ketones is 1. The van der Waals surface area contributed by atoms with Crippen molar-refractivity contribution in [3.8, 4) is 0 Å². The van der Waals surface area contributed by atoms with E-state index in [1.807, 2.05) is 53.1 Å². The zero-order valence-corrected chi connectivity index (χ0v) is 17.6. The van der Waals surface area contributed by atoms with Crippen LogP contribution in [0.5, 0.6) is 0 Å². The van der Waals surface area contributed by atoms with E-state index in [-0.39, 0.29) is 12.3 Å². The minimum absolute atomic E-state index is 0.0898. The first-order valence-electron chi connectivity index (χ1n) is 10.1. The minimum atomic E-state index is -0.725. The van der Waals surface area contributed by atoms with Crippen molar-refractivity contribution in [3.05, 3.63) is 94.6 Å². The van der Waals surface area contributed by atoms with Gasteiger partial charge in [0.1, 0.15) is 0 Å². The number of carbonyl (C=O) groups excluding carboxylic acids is 3. The molecule has 0 atom stereocenters. The Morgan fingerprint density at radius 3 is 2.62 bits per heavy atom. The molecule has 7 heteroatoms. The Morgan fingerprint density at radius 2 is 1.81 bits per heavy atom. The molecule has 2 N–H and O–H groups in total. The van der Waals surface area contributed by atoms with Crippen LogP contribution in [0, 0.1) is 0 Å². The fraction of sp³-hybridized carbons (Fsp3) is 0.0800. The molecule has 1 aliphatic rings. The van der Waals surface area contributed by atoms with Gasteiger partial charge in [-0.15, -0.1) is 0 Å². The predicted octanol–water partition coefficient (Wildman–Crippen LogP) is 4.66. The number of para-hydroxylation sites is 1. The first kappa shape index (κ1) is 20.0. The van der Waals surface area contributed by atoms with Crippen LogP contribution in [0.25, 0.3) is 10.9 Å². The normalized spacial score (nSPS) is 12.5. The topological polar surface area (TPSA) is 80.2 Å². The Balaban J connectivity index is 1.42. The standard InChI is InChI=1S/C25H18ClN3O3/c26-17-7-5-15(6-8-17)13-29-14-20(19-3-1-2-4-22(19)29)24(31)25(32)27-18-9-10-21-16(11-18)12-23(30)28-21/h1-11,14H,12-13H2,(H,27,32)(H,28,30). The Hall–Kier alpha value is -3.90. The summed E-state index contributed by atoms with van der Waals surface area (Å²) in [7, 11) is 0. The molecule has 0 spiro atoms. The van der Waals surface area contributed by atoms with Gasteiger partial charge in [-0.2, -0.15) is 0 Å². The second-order valence-corrected chi connectivity index (χ2v) is 8.13. The van der Waals surface area contributed by atoms with E-state index in [1.165, 1.54) is 0 Å². The molecule has 4 aromatic rings. The molecule has 2 amide bonds. The van der Waals surface area contributed by atoms with Crippen molar-refractivity contribution in [1.82, 2.24) is 4.57 Å². The molecule has 0 aliphatic carbocycles. The largest absolute Gasteiger partial charge is 0.342 e. The average Bonchev–Trinajstić information content (AvgIpc) is 3.34. The van der Waals surface area contributed by atoms with E-state index < -0.39 is 11.7 Å². The van der Waals surface area contributed by atoms with Crippen LogP contribution < -0.4 is 10.6 Å². The third-order valence-corrected chi connectivity index (χ3v) is 5.75. The molecule has 5 rings (SSSR count). The van der Waals surface area contributed by atoms with E-state index in [2.05, 4.69) is 10.6 Å². The Labute approximate surface area is 188 Å². The number of aromatic nitrogens is 1. The number of rotatable bonds is 5. The van der Waals surface area contributed by atoms with E-state index in [0.29, 0.717) is 28.2 Å². The van der Waals surface area contributed by atoms with Gasteiger partial charge >= 0.3 is 0 Å². The van der Waals surface area contributed by atoms with Gasteiger partial charge in [0.2, 0.25) is 5.91 Å². The molecule has 32 heavy (non-hydrogen) atoms. The van der Waals surface area contributed by atoms with Gasteiger partial charge in [-0.05, 0) is 47.5 Å². The number of benzene rings is 3. The maximum atomic E-state index is 13.0. The lowest BCUT2D eigenvalue weighted by atomic mass is 10.1. The van der Waals surface area contributed by atoms with Gasteiger partial charge in [-0.1, -0.05) is 41.9 Å². The van der Waals surface area contributed by atoms with Crippen LogP contribution in [0.3, 0.4) is 0 Å². The maximum Gasteiger partial charge on any atom is 0.296 e. The summed E-state index contributed by atoms with van der Waals surface area (Å²) >= 11 is 5.98. The quantitative estimate of drug-likeness (QED) is 0.348. The summed E-state index contributed by atoms with van der Waals surface area (Å²) in [5.41, 5.74) is 4.22. The van der Waals surface area contributed by atoms with E-state index in [4.69, 9.17) is 11.6 Å². The molecule has 6 nitrogen and oxygen atoms in total. The Morgan fingerprint density at radius 1 is 1.03 bits per heavy atom. The number of nitrogens with zero attached hydrogens (tertiary/aromatic N) is 1. The van der Waals surface area contributed by atoms with Crippen LogP contribution in [0.4, 0.5) is 11.4 Å². The number of nitrogens with one attached hydrogen (secondary N) is 2. The smallest absolute Gasteiger partial charge is 0.296 e. The number of anilines is 2. The summed E-state index contributed by atoms with van der Waals surface area (Å²) < 4.78 is 1.95. The SMILES string of the molecule is O=C1Cc2cc(NC(=O)C(=O)c3cn(Cc4ccc(Cl)cc4)c4ccccc34)ccc2N1. The molecule has 0 saturated heterocycles. The van der Waals surface area contributed by atoms with Crippen molar-refractivity contribution in [2.75, 3.05) is 10.6 Å². The van der Waals surface area contributed by atoms with E-state index in [1.54, 1.807) is 24.4 Å². The highest BCUT2D eigenvalue weighted by Crippen LogP contribution is 2.27. The highest BCUT2D eigenvalue weighted by Gasteiger charge is 2.23. The summed E-state index contributed by atoms with van der Waals surface area (Å²) in [5, 5.41) is 6.78. The number of carbonyl (C=O) groups is 3. The van der Waals surface area contributed by atoms with Crippen molar-refractivity contribution in [3.63, 3.8) is 0 Å². The average molecular weight is 444 g/mol. The van der Waals surface area contributed by atoms with Gasteiger partial charge < -0.3 is 15.2 Å². The number of fused-ring (bicyclic) bond motifs is 2. The van der Waals surface area contributed by atoms with Gasteiger partial charge in [-0.3, -0.25) is 14.4 Å². The molecule has 0 radical (unpaired) electrons. The third-order valence-electron chi connectivity index (χ3n) is 5.49. The second-order valence-electron chi connectivity index (χ2n) is 7.69. The zero-order chi connectivity index (χ0) is 22.2. The van der Waals surface area contributed by atoms with Crippen LogP contribution in [0.15, 0.2) is 72.9 Å². The lowest BCUT2D eigenvalue weighted by molar-refractivity contribution is -0.115. The summed E-state index contributed by atoms with van der Waals surface area (Å²) in [6, 6.07) is 20.1. The summed E-state index contributed by atoms with van der Waals surface area (Å²) in [5.74, 6) is -1.43. The fourth-order valence-corrected chi connectivity index (χ4v) is 4.09. The van der Waals surface area contributed by atoms with Crippen LogP contribution in [-0.4, -0.2) is 22.2 Å². The van der Waals surface area contributed by atoms with Crippen LogP contribution in [0.1, 0.15) is 21.5 Å². The number of halogens is 1. The Kier molecular flexibility index (Phi) is 4.99. The summed E-state index contributed by atoms with van der Waals surface area (Å²) in [6.07, 6.45) is 1.97. The second kappa shape index (κ2) is 7.98. The Bertz CT molecular complexity index is 1390. The minimum Gasteiger partial charge on any atom is -0.342 e. The highest BCUT2D eigenvalue weighted by molar-refractivity contribution is 6.48. The molecule has 0 fully saturated rings. The van der Waals surface area contributed by atoms with Crippen molar-refractivity contribution < 1.29 is 14.4 Å². The first-order valence-corrected chi connectivity index (χ1v) is 10.5. The van der Waals surface area contributed by atoms with Gasteiger partial charge in [0.25, 0.3) is 11.7 Å². The molecular weight excluding hydrogens is 426 g/mol. The van der Waals surface area contributed by atoms with Crippen molar-refractivity contribution in [2.24, 2.45) is 0 Å². The van der Waals surface area contributed by atoms with Gasteiger partial charge in [-0.25, -0.2) is 0 Å². The molecule has 158 valence electrons. The lowest BCUT2D eigenvalue weighted by Gasteiger charge is -2.06. The first-order chi connectivity index (χ1) is 15.5. The molecular formula is C25H18ClN3O3. The zero-order valence-electron chi connectivity index (χ0n) is 16.9. The highest BCUT2D eigenvalue weighted by atomic mass is 35.5. The number of hydrogen-bond donors (Lipinski definition) is 2. The van der Waals surface area contributed by atoms with Gasteiger partial charge in [0, 0.05) is 40.0 Å². The monoisotopic (exact) mass is 443 g/mol. The van der Waals surface area contributed by atoms with Crippen LogP contribution >= 0.6 is 11.6 Å². The predicted molar refractivity (Wildman–Crippen MR) is 124 cm³/mol. The number of hydrogen-bond acceptors (Lipinski definition) is 3. The summed E-state index contributed by atoms with van der Waals surface area (Å²) in [4.78, 5) is 37.3. The molecule has 1 aromatic heterocycles. The van der Waals surface area contributed by atoms with Gasteiger partial charge in [0.15, 0.2) is 0 Å². The molecule has 3 aromatic carbocycles. The lowest BCUT2D eigenvalue weighted by Crippen LogP contribution is -2.22. The van der Waals surface area contributed by atoms with Crippen LogP contribution in [0.2, 0.25) is 5.02 Å².